The molecule has 0 N–H and O–H groups in total. The second-order valence-corrected chi connectivity index (χ2v) is 11.7. The van der Waals surface area contributed by atoms with Gasteiger partial charge in [-0.3, -0.25) is 0 Å². The summed E-state index contributed by atoms with van der Waals surface area (Å²) in [4.78, 5) is 0. The summed E-state index contributed by atoms with van der Waals surface area (Å²) in [5.41, 5.74) is 8.31. The summed E-state index contributed by atoms with van der Waals surface area (Å²) in [6, 6.07) is 9.06. The molecule has 3 aliphatic rings. The third-order valence-electron chi connectivity index (χ3n) is 4.91. The van der Waals surface area contributed by atoms with Gasteiger partial charge in [0.25, 0.3) is 0 Å². The normalized spacial score (nSPS) is 24.7. The molecule has 0 radical (unpaired) electrons. The number of rotatable bonds is 2. The Morgan fingerprint density at radius 2 is 1.82 bits per heavy atom. The van der Waals surface area contributed by atoms with Crippen LogP contribution in [0, 0.1) is 0 Å². The van der Waals surface area contributed by atoms with Crippen molar-refractivity contribution in [2.75, 3.05) is 0 Å². The summed E-state index contributed by atoms with van der Waals surface area (Å²) in [7, 11) is 0. The van der Waals surface area contributed by atoms with Crippen LogP contribution < -0.4 is 24.8 Å². The van der Waals surface area contributed by atoms with Gasteiger partial charge in [0.1, 0.15) is 0 Å². The van der Waals surface area contributed by atoms with Crippen LogP contribution in [0.25, 0.3) is 6.08 Å². The van der Waals surface area contributed by atoms with Crippen molar-refractivity contribution in [1.82, 2.24) is 0 Å². The van der Waals surface area contributed by atoms with Crippen LogP contribution in [0.5, 0.6) is 0 Å². The minimum absolute atomic E-state index is 0. The van der Waals surface area contributed by atoms with E-state index < -0.39 is 22.9 Å². The quantitative estimate of drug-likeness (QED) is 0.482. The molecule has 3 heteroatoms. The molecule has 4 rings (SSSR count). The molecule has 0 saturated carbocycles. The van der Waals surface area contributed by atoms with Gasteiger partial charge in [-0.1, -0.05) is 0 Å². The summed E-state index contributed by atoms with van der Waals surface area (Å²) >= 11 is -0.748. The number of benzene rings is 1. The van der Waals surface area contributed by atoms with E-state index in [2.05, 4.69) is 49.4 Å². The molecule has 2 unspecified atom stereocenters. The van der Waals surface area contributed by atoms with E-state index in [1.165, 1.54) is 31.2 Å². The molecule has 1 aromatic carbocycles. The van der Waals surface area contributed by atoms with Crippen molar-refractivity contribution in [2.24, 2.45) is 0 Å². The van der Waals surface area contributed by atoms with E-state index in [1.807, 2.05) is 5.57 Å². The zero-order chi connectivity index (χ0) is 13.5. The minimum Gasteiger partial charge on any atom is -1.00 e. The molecular weight excluding hydrogens is 478 g/mol. The third kappa shape index (κ3) is 3.23. The summed E-state index contributed by atoms with van der Waals surface area (Å²) in [5.74, 6) is 0. The zero-order valence-corrected chi connectivity index (χ0v) is 17.9. The summed E-state index contributed by atoms with van der Waals surface area (Å²) in [5, 5.41) is 0. The fraction of sp³-hybridized carbons (Fsp3) is 0.368. The second-order valence-electron chi connectivity index (χ2n) is 6.21. The van der Waals surface area contributed by atoms with Crippen molar-refractivity contribution in [1.29, 1.82) is 0 Å². The molecule has 0 nitrogen and oxygen atoms in total. The smallest absolute Gasteiger partial charge is 1.00 e. The monoisotopic (exact) mass is 498 g/mol. The van der Waals surface area contributed by atoms with Crippen molar-refractivity contribution < 1.29 is 47.7 Å². The molecule has 3 aliphatic carbocycles. The Bertz CT molecular complexity index is 643. The number of allylic oxidation sites excluding steroid dienone is 5. The SMILES string of the molecule is CC1=Cc2ccccc2[CH]1[Hf+2][CH]1C=CC2=C1CCCC2.[Cl-].[Cl-]. The first-order valence-electron chi connectivity index (χ1n) is 7.76. The molecule has 0 fully saturated rings. The zero-order valence-electron chi connectivity index (χ0n) is 12.8. The first-order chi connectivity index (χ1) is 9.83. The van der Waals surface area contributed by atoms with E-state index in [4.69, 9.17) is 0 Å². The fourth-order valence-electron chi connectivity index (χ4n) is 3.86. The molecule has 0 heterocycles. The molecule has 0 aromatic heterocycles. The van der Waals surface area contributed by atoms with Crippen molar-refractivity contribution in [3.8, 4) is 0 Å². The van der Waals surface area contributed by atoms with Gasteiger partial charge in [-0.15, -0.1) is 0 Å². The van der Waals surface area contributed by atoms with Gasteiger partial charge >= 0.3 is 133 Å². The first-order valence-corrected chi connectivity index (χ1v) is 11.9. The maximum Gasteiger partial charge on any atom is -1.00 e. The van der Waals surface area contributed by atoms with Crippen molar-refractivity contribution in [3.05, 3.63) is 64.3 Å². The van der Waals surface area contributed by atoms with Crippen LogP contribution in [0.4, 0.5) is 0 Å². The Morgan fingerprint density at radius 1 is 1.05 bits per heavy atom. The Hall–Kier alpha value is -0.110. The van der Waals surface area contributed by atoms with Crippen molar-refractivity contribution in [2.45, 2.75) is 40.0 Å². The molecule has 0 bridgehead atoms. The Kier molecular flexibility index (Phi) is 6.33. The predicted octanol–water partition coefficient (Wildman–Crippen LogP) is -0.536. The number of hydrogen-bond acceptors (Lipinski definition) is 0. The molecule has 2 atom stereocenters. The minimum atomic E-state index is -0.748. The Morgan fingerprint density at radius 3 is 2.68 bits per heavy atom. The number of hydrogen-bond donors (Lipinski definition) is 0. The number of halogens is 2. The summed E-state index contributed by atoms with van der Waals surface area (Å²) in [6.45, 7) is 2.35. The van der Waals surface area contributed by atoms with E-state index in [-0.39, 0.29) is 24.8 Å². The molecule has 0 saturated heterocycles. The van der Waals surface area contributed by atoms with Crippen LogP contribution in [0.15, 0.2) is 53.1 Å². The van der Waals surface area contributed by atoms with Crippen molar-refractivity contribution >= 4 is 6.08 Å². The van der Waals surface area contributed by atoms with Gasteiger partial charge in [-0.2, -0.15) is 0 Å². The standard InChI is InChI=1S/C10H9.C9H11.2ClH.Hf/c1-8-6-9-4-2-3-5-10(9)7-8;1-2-5-9-7-3-6-8(9)4-1;;;/h2-7H,1H3;3,6-7H,1-2,4-5H2;2*1H;/q;;;;+2/p-2. The van der Waals surface area contributed by atoms with E-state index in [0.29, 0.717) is 0 Å². The van der Waals surface area contributed by atoms with Gasteiger partial charge in [0, 0.05) is 0 Å². The van der Waals surface area contributed by atoms with Gasteiger partial charge in [0.2, 0.25) is 0 Å². The fourth-order valence-corrected chi connectivity index (χ4v) is 10.6. The summed E-state index contributed by atoms with van der Waals surface area (Å²) < 4.78 is 1.72. The first kappa shape index (κ1) is 18.2. The predicted molar refractivity (Wildman–Crippen MR) is 81.2 cm³/mol. The molecule has 114 valence electrons. The largest absolute Gasteiger partial charge is 1.00 e. The van der Waals surface area contributed by atoms with Crippen LogP contribution in [-0.2, 0) is 22.9 Å². The van der Waals surface area contributed by atoms with E-state index in [1.54, 1.807) is 16.7 Å². The van der Waals surface area contributed by atoms with E-state index in [9.17, 15) is 0 Å². The Balaban J connectivity index is 0.000000882. The van der Waals surface area contributed by atoms with Crippen LogP contribution >= 0.6 is 0 Å². The van der Waals surface area contributed by atoms with Gasteiger partial charge in [0.15, 0.2) is 0 Å². The molecule has 22 heavy (non-hydrogen) atoms. The Labute approximate surface area is 157 Å². The van der Waals surface area contributed by atoms with Crippen LogP contribution in [0.1, 0.15) is 47.4 Å². The molecule has 0 aliphatic heterocycles. The maximum atomic E-state index is 2.56. The number of fused-ring (bicyclic) bond motifs is 1. The maximum absolute atomic E-state index is 2.56. The van der Waals surface area contributed by atoms with Gasteiger partial charge in [0.05, 0.1) is 0 Å². The topological polar surface area (TPSA) is 0 Å². The summed E-state index contributed by atoms with van der Waals surface area (Å²) in [6.07, 6.45) is 13.0. The van der Waals surface area contributed by atoms with Gasteiger partial charge < -0.3 is 24.8 Å². The van der Waals surface area contributed by atoms with Gasteiger partial charge in [-0.05, 0) is 0 Å². The second kappa shape index (κ2) is 7.64. The van der Waals surface area contributed by atoms with Crippen molar-refractivity contribution in [3.63, 3.8) is 0 Å². The van der Waals surface area contributed by atoms with Crippen LogP contribution in [0.3, 0.4) is 0 Å². The average molecular weight is 498 g/mol. The molecule has 0 amide bonds. The van der Waals surface area contributed by atoms with E-state index >= 15 is 0 Å². The molecular formula is C19H20Cl2Hf. The van der Waals surface area contributed by atoms with Crippen LogP contribution in [-0.4, -0.2) is 0 Å². The molecule has 0 spiro atoms. The van der Waals surface area contributed by atoms with Crippen LogP contribution in [0.2, 0.25) is 3.67 Å². The third-order valence-corrected chi connectivity index (χ3v) is 12.1. The average Bonchev–Trinajstić information content (AvgIpc) is 3.02. The van der Waals surface area contributed by atoms with Gasteiger partial charge in [-0.25, -0.2) is 0 Å². The molecule has 1 aromatic rings. The van der Waals surface area contributed by atoms with E-state index in [0.717, 1.165) is 7.35 Å².